The Morgan fingerprint density at radius 3 is 1.09 bits per heavy atom. The molecule has 0 heterocycles. The standard InChI is InChI=1S/C31H34N2O2/c1-19-15-25(32)16-20(2)29(19)34-27-11-7-23(8-12-27)31(5,6)24-9-13-28(14-10-24)35-30-21(3)17-26(33)18-22(30)4/h7-18H,32-33H2,1-6H3. The first-order chi connectivity index (χ1) is 16.5. The van der Waals surface area contributed by atoms with Crippen molar-refractivity contribution in [1.29, 1.82) is 0 Å². The molecule has 0 aromatic heterocycles. The van der Waals surface area contributed by atoms with E-state index in [0.717, 1.165) is 56.6 Å². The number of nitrogen functional groups attached to an aromatic ring is 2. The number of aryl methyl sites for hydroxylation is 4. The Morgan fingerprint density at radius 1 is 0.514 bits per heavy atom. The van der Waals surface area contributed by atoms with Gasteiger partial charge in [-0.2, -0.15) is 0 Å². The zero-order chi connectivity index (χ0) is 25.3. The van der Waals surface area contributed by atoms with Crippen LogP contribution in [-0.4, -0.2) is 0 Å². The highest BCUT2D eigenvalue weighted by Gasteiger charge is 2.23. The van der Waals surface area contributed by atoms with Crippen molar-refractivity contribution in [3.05, 3.63) is 106 Å². The van der Waals surface area contributed by atoms with Crippen molar-refractivity contribution < 1.29 is 9.47 Å². The molecule has 0 atom stereocenters. The molecule has 4 rings (SSSR count). The van der Waals surface area contributed by atoms with E-state index in [1.54, 1.807) is 0 Å². The maximum Gasteiger partial charge on any atom is 0.133 e. The molecule has 0 aliphatic carbocycles. The fraction of sp³-hybridized carbons (Fsp3) is 0.226. The molecule has 4 aromatic carbocycles. The van der Waals surface area contributed by atoms with Gasteiger partial charge in [0.25, 0.3) is 0 Å². The summed E-state index contributed by atoms with van der Waals surface area (Å²) in [6.45, 7) is 12.5. The molecule has 0 aliphatic rings. The summed E-state index contributed by atoms with van der Waals surface area (Å²) in [5, 5.41) is 0. The van der Waals surface area contributed by atoms with E-state index in [1.807, 2.05) is 76.2 Å². The fourth-order valence-corrected chi connectivity index (χ4v) is 4.57. The van der Waals surface area contributed by atoms with Crippen LogP contribution in [0.15, 0.2) is 72.8 Å². The SMILES string of the molecule is Cc1cc(N)cc(C)c1Oc1ccc(C(C)(C)c2ccc(Oc3c(C)cc(N)cc3C)cc2)cc1. The topological polar surface area (TPSA) is 70.5 Å². The second kappa shape index (κ2) is 9.38. The Bertz CT molecular complexity index is 1200. The first-order valence-electron chi connectivity index (χ1n) is 11.8. The second-order valence-corrected chi connectivity index (χ2v) is 9.85. The van der Waals surface area contributed by atoms with E-state index in [2.05, 4.69) is 38.1 Å². The van der Waals surface area contributed by atoms with E-state index in [9.17, 15) is 0 Å². The zero-order valence-corrected chi connectivity index (χ0v) is 21.4. The highest BCUT2D eigenvalue weighted by Crippen LogP contribution is 2.37. The van der Waals surface area contributed by atoms with Crippen LogP contribution >= 0.6 is 0 Å². The predicted molar refractivity (Wildman–Crippen MR) is 146 cm³/mol. The summed E-state index contributed by atoms with van der Waals surface area (Å²) in [5.41, 5.74) is 19.7. The van der Waals surface area contributed by atoms with Crippen LogP contribution in [0.25, 0.3) is 0 Å². The Balaban J connectivity index is 1.52. The van der Waals surface area contributed by atoms with Gasteiger partial charge in [-0.1, -0.05) is 38.1 Å². The van der Waals surface area contributed by atoms with Gasteiger partial charge in [0.2, 0.25) is 0 Å². The number of rotatable bonds is 6. The van der Waals surface area contributed by atoms with E-state index in [4.69, 9.17) is 20.9 Å². The van der Waals surface area contributed by atoms with Crippen molar-refractivity contribution in [2.24, 2.45) is 0 Å². The molecule has 0 unspecified atom stereocenters. The van der Waals surface area contributed by atoms with Gasteiger partial charge in [-0.05, 0) is 110 Å². The molecule has 0 aliphatic heterocycles. The summed E-state index contributed by atoms with van der Waals surface area (Å²) in [6, 6.07) is 24.3. The third kappa shape index (κ3) is 5.12. The molecule has 4 N–H and O–H groups in total. The number of hydrogen-bond acceptors (Lipinski definition) is 4. The van der Waals surface area contributed by atoms with Crippen molar-refractivity contribution in [3.63, 3.8) is 0 Å². The second-order valence-electron chi connectivity index (χ2n) is 9.85. The summed E-state index contributed by atoms with van der Waals surface area (Å²) in [6.07, 6.45) is 0. The molecular formula is C31H34N2O2. The highest BCUT2D eigenvalue weighted by atomic mass is 16.5. The Hall–Kier alpha value is -3.92. The van der Waals surface area contributed by atoms with Crippen LogP contribution in [0.5, 0.6) is 23.0 Å². The summed E-state index contributed by atoms with van der Waals surface area (Å²) in [4.78, 5) is 0. The minimum absolute atomic E-state index is 0.183. The summed E-state index contributed by atoms with van der Waals surface area (Å²) in [7, 11) is 0. The lowest BCUT2D eigenvalue weighted by molar-refractivity contribution is 0.474. The molecular weight excluding hydrogens is 432 g/mol. The van der Waals surface area contributed by atoms with Crippen LogP contribution in [0, 0.1) is 27.7 Å². The summed E-state index contributed by atoms with van der Waals surface area (Å²) < 4.78 is 12.4. The van der Waals surface area contributed by atoms with Gasteiger partial charge in [-0.25, -0.2) is 0 Å². The van der Waals surface area contributed by atoms with Crippen molar-refractivity contribution in [2.45, 2.75) is 47.0 Å². The van der Waals surface area contributed by atoms with Crippen LogP contribution in [-0.2, 0) is 5.41 Å². The Morgan fingerprint density at radius 2 is 0.800 bits per heavy atom. The van der Waals surface area contributed by atoms with Gasteiger partial charge in [0.1, 0.15) is 23.0 Å². The van der Waals surface area contributed by atoms with Gasteiger partial charge >= 0.3 is 0 Å². The number of anilines is 2. The van der Waals surface area contributed by atoms with E-state index >= 15 is 0 Å². The van der Waals surface area contributed by atoms with Crippen LogP contribution in [0.1, 0.15) is 47.2 Å². The van der Waals surface area contributed by atoms with E-state index < -0.39 is 0 Å². The molecule has 0 fully saturated rings. The van der Waals surface area contributed by atoms with Gasteiger partial charge in [0.15, 0.2) is 0 Å². The molecule has 35 heavy (non-hydrogen) atoms. The zero-order valence-electron chi connectivity index (χ0n) is 21.4. The fourth-order valence-electron chi connectivity index (χ4n) is 4.57. The number of nitrogens with two attached hydrogens (primary N) is 2. The molecule has 180 valence electrons. The largest absolute Gasteiger partial charge is 0.457 e. The van der Waals surface area contributed by atoms with Crippen molar-refractivity contribution in [3.8, 4) is 23.0 Å². The minimum atomic E-state index is -0.183. The Kier molecular flexibility index (Phi) is 6.49. The number of ether oxygens (including phenoxy) is 2. The lowest BCUT2D eigenvalue weighted by Crippen LogP contribution is -2.18. The molecule has 0 saturated heterocycles. The molecule has 0 amide bonds. The number of benzene rings is 4. The normalized spacial score (nSPS) is 11.4. The Labute approximate surface area is 208 Å². The average molecular weight is 467 g/mol. The van der Waals surface area contributed by atoms with Crippen LogP contribution < -0.4 is 20.9 Å². The van der Waals surface area contributed by atoms with Crippen molar-refractivity contribution >= 4 is 11.4 Å². The maximum atomic E-state index is 6.19. The van der Waals surface area contributed by atoms with Gasteiger partial charge in [-0.15, -0.1) is 0 Å². The third-order valence-corrected chi connectivity index (χ3v) is 6.56. The smallest absolute Gasteiger partial charge is 0.133 e. The van der Waals surface area contributed by atoms with E-state index in [-0.39, 0.29) is 5.41 Å². The van der Waals surface area contributed by atoms with Crippen molar-refractivity contribution in [2.75, 3.05) is 11.5 Å². The summed E-state index contributed by atoms with van der Waals surface area (Å²) >= 11 is 0. The lowest BCUT2D eigenvalue weighted by Gasteiger charge is -2.26. The first kappa shape index (κ1) is 24.2. The van der Waals surface area contributed by atoms with Gasteiger partial charge in [-0.3, -0.25) is 0 Å². The van der Waals surface area contributed by atoms with Gasteiger partial charge in [0.05, 0.1) is 0 Å². The average Bonchev–Trinajstić information content (AvgIpc) is 2.79. The van der Waals surface area contributed by atoms with Crippen molar-refractivity contribution in [1.82, 2.24) is 0 Å². The summed E-state index contributed by atoms with van der Waals surface area (Å²) in [5.74, 6) is 3.32. The van der Waals surface area contributed by atoms with Gasteiger partial charge in [0, 0.05) is 16.8 Å². The predicted octanol–water partition coefficient (Wildman–Crippen LogP) is 8.00. The molecule has 0 radical (unpaired) electrons. The maximum absolute atomic E-state index is 6.19. The van der Waals surface area contributed by atoms with E-state index in [0.29, 0.717) is 0 Å². The highest BCUT2D eigenvalue weighted by molar-refractivity contribution is 5.55. The first-order valence-corrected chi connectivity index (χ1v) is 11.8. The molecule has 4 nitrogen and oxygen atoms in total. The number of hydrogen-bond donors (Lipinski definition) is 2. The third-order valence-electron chi connectivity index (χ3n) is 6.56. The van der Waals surface area contributed by atoms with E-state index in [1.165, 1.54) is 11.1 Å². The van der Waals surface area contributed by atoms with Crippen LogP contribution in [0.3, 0.4) is 0 Å². The monoisotopic (exact) mass is 466 g/mol. The van der Waals surface area contributed by atoms with Crippen LogP contribution in [0.2, 0.25) is 0 Å². The lowest BCUT2D eigenvalue weighted by atomic mass is 9.78. The van der Waals surface area contributed by atoms with Gasteiger partial charge < -0.3 is 20.9 Å². The molecule has 0 saturated carbocycles. The molecule has 4 aromatic rings. The molecule has 4 heteroatoms. The molecule has 0 spiro atoms. The quantitative estimate of drug-likeness (QED) is 0.282. The van der Waals surface area contributed by atoms with Crippen LogP contribution in [0.4, 0.5) is 11.4 Å². The minimum Gasteiger partial charge on any atom is -0.457 e. The molecule has 0 bridgehead atoms.